The molecule has 0 unspecified atom stereocenters. The standard InChI is InChI=1S/C23H22INO6S/c1-29-18-12-16(11-17(24)21(18)31-14-20(26)30-2)13-19-22(27)25(23(28)32-19)10-6-9-15-7-4-3-5-8-15/h3-5,7-8,11-13H,6,9-10,14H2,1-2H3/b19-13+. The zero-order chi connectivity index (χ0) is 23.1. The second kappa shape index (κ2) is 11.4. The summed E-state index contributed by atoms with van der Waals surface area (Å²) in [7, 11) is 2.77. The highest BCUT2D eigenvalue weighted by atomic mass is 127. The van der Waals surface area contributed by atoms with E-state index in [1.165, 1.54) is 24.7 Å². The van der Waals surface area contributed by atoms with Crippen LogP contribution < -0.4 is 9.47 Å². The molecular weight excluding hydrogens is 545 g/mol. The number of benzene rings is 2. The van der Waals surface area contributed by atoms with E-state index in [4.69, 9.17) is 9.47 Å². The van der Waals surface area contributed by atoms with Crippen molar-refractivity contribution in [2.24, 2.45) is 0 Å². The number of aryl methyl sites for hydroxylation is 1. The Balaban J connectivity index is 1.70. The predicted molar refractivity (Wildman–Crippen MR) is 131 cm³/mol. The summed E-state index contributed by atoms with van der Waals surface area (Å²) in [5.74, 6) is 0.0136. The third kappa shape index (κ3) is 6.04. The van der Waals surface area contributed by atoms with Crippen LogP contribution in [0.1, 0.15) is 17.5 Å². The number of thioether (sulfide) groups is 1. The molecule has 1 aliphatic heterocycles. The lowest BCUT2D eigenvalue weighted by atomic mass is 10.1. The number of amides is 2. The molecule has 0 aromatic heterocycles. The van der Waals surface area contributed by atoms with Crippen molar-refractivity contribution >= 4 is 57.5 Å². The van der Waals surface area contributed by atoms with Crippen molar-refractivity contribution in [1.82, 2.24) is 4.90 Å². The molecule has 168 valence electrons. The van der Waals surface area contributed by atoms with Crippen molar-refractivity contribution < 1.29 is 28.6 Å². The van der Waals surface area contributed by atoms with Crippen LogP contribution in [0.5, 0.6) is 11.5 Å². The lowest BCUT2D eigenvalue weighted by Crippen LogP contribution is -2.29. The second-order valence-corrected chi connectivity index (χ2v) is 8.98. The van der Waals surface area contributed by atoms with Gasteiger partial charge < -0.3 is 14.2 Å². The summed E-state index contributed by atoms with van der Waals surface area (Å²) in [6.07, 6.45) is 3.16. The smallest absolute Gasteiger partial charge is 0.343 e. The summed E-state index contributed by atoms with van der Waals surface area (Å²) in [5.41, 5.74) is 1.86. The van der Waals surface area contributed by atoms with E-state index in [1.54, 1.807) is 18.2 Å². The molecule has 0 saturated carbocycles. The molecule has 0 aliphatic carbocycles. The van der Waals surface area contributed by atoms with Crippen molar-refractivity contribution in [2.75, 3.05) is 27.4 Å². The van der Waals surface area contributed by atoms with Crippen LogP contribution in [0.15, 0.2) is 47.4 Å². The van der Waals surface area contributed by atoms with Crippen LogP contribution >= 0.6 is 34.4 Å². The zero-order valence-electron chi connectivity index (χ0n) is 17.6. The van der Waals surface area contributed by atoms with Gasteiger partial charge in [0.1, 0.15) is 0 Å². The number of hydrogen-bond acceptors (Lipinski definition) is 7. The van der Waals surface area contributed by atoms with Gasteiger partial charge in [0.25, 0.3) is 11.1 Å². The molecule has 2 aromatic rings. The maximum absolute atomic E-state index is 12.8. The molecular formula is C23H22INO6S. The van der Waals surface area contributed by atoms with Gasteiger partial charge in [0.05, 0.1) is 22.7 Å². The molecule has 0 bridgehead atoms. The number of hydrogen-bond donors (Lipinski definition) is 0. The minimum absolute atomic E-state index is 0.246. The fourth-order valence-electron chi connectivity index (χ4n) is 3.08. The third-order valence-corrected chi connectivity index (χ3v) is 6.38. The van der Waals surface area contributed by atoms with Crippen molar-refractivity contribution in [2.45, 2.75) is 12.8 Å². The first-order valence-corrected chi connectivity index (χ1v) is 11.7. The average molecular weight is 567 g/mol. The van der Waals surface area contributed by atoms with Gasteiger partial charge >= 0.3 is 5.97 Å². The molecule has 1 heterocycles. The van der Waals surface area contributed by atoms with Gasteiger partial charge in [-0.05, 0) is 76.5 Å². The van der Waals surface area contributed by atoms with Gasteiger partial charge in [0.2, 0.25) is 0 Å². The number of carbonyl (C=O) groups is 3. The van der Waals surface area contributed by atoms with Crippen molar-refractivity contribution in [3.63, 3.8) is 0 Å². The number of halogens is 1. The quantitative estimate of drug-likeness (QED) is 0.251. The Bertz CT molecular complexity index is 1040. The van der Waals surface area contributed by atoms with Crippen molar-refractivity contribution in [3.8, 4) is 11.5 Å². The normalized spacial score (nSPS) is 14.7. The number of methoxy groups -OCH3 is 2. The van der Waals surface area contributed by atoms with Crippen LogP contribution in [-0.4, -0.2) is 49.4 Å². The molecule has 0 N–H and O–H groups in total. The van der Waals surface area contributed by atoms with Crippen LogP contribution in [0.2, 0.25) is 0 Å². The maximum Gasteiger partial charge on any atom is 0.343 e. The van der Waals surface area contributed by atoms with E-state index in [-0.39, 0.29) is 17.8 Å². The Labute approximate surface area is 204 Å². The molecule has 32 heavy (non-hydrogen) atoms. The number of ether oxygens (including phenoxy) is 3. The summed E-state index contributed by atoms with van der Waals surface area (Å²) < 4.78 is 16.2. The number of imide groups is 1. The van der Waals surface area contributed by atoms with Crippen molar-refractivity contribution in [1.29, 1.82) is 0 Å². The van der Waals surface area contributed by atoms with E-state index in [9.17, 15) is 14.4 Å². The zero-order valence-corrected chi connectivity index (χ0v) is 20.6. The van der Waals surface area contributed by atoms with Gasteiger partial charge in [-0.15, -0.1) is 0 Å². The highest BCUT2D eigenvalue weighted by molar-refractivity contribution is 14.1. The minimum atomic E-state index is -0.507. The SMILES string of the molecule is COC(=O)COc1c(I)cc(/C=C2/SC(=O)N(CCCc3ccccc3)C2=O)cc1OC. The summed E-state index contributed by atoms with van der Waals surface area (Å²) >= 11 is 2.99. The summed E-state index contributed by atoms with van der Waals surface area (Å²) in [5, 5.41) is -0.269. The van der Waals surface area contributed by atoms with Crippen LogP contribution in [0.4, 0.5) is 4.79 Å². The summed E-state index contributed by atoms with van der Waals surface area (Å²) in [6, 6.07) is 13.4. The Morgan fingerprint density at radius 3 is 2.59 bits per heavy atom. The fraction of sp³-hybridized carbons (Fsp3) is 0.261. The number of rotatable bonds is 9. The fourth-order valence-corrected chi connectivity index (χ4v) is 4.73. The molecule has 0 spiro atoms. The lowest BCUT2D eigenvalue weighted by Gasteiger charge is -2.13. The molecule has 0 atom stereocenters. The van der Waals surface area contributed by atoms with Crippen LogP contribution in [0.25, 0.3) is 6.08 Å². The first-order chi connectivity index (χ1) is 15.4. The number of esters is 1. The summed E-state index contributed by atoms with van der Waals surface area (Å²) in [4.78, 5) is 38.2. The highest BCUT2D eigenvalue weighted by Crippen LogP contribution is 2.37. The van der Waals surface area contributed by atoms with E-state index >= 15 is 0 Å². The summed E-state index contributed by atoms with van der Waals surface area (Å²) in [6.45, 7) is 0.127. The highest BCUT2D eigenvalue weighted by Gasteiger charge is 2.34. The maximum atomic E-state index is 12.8. The topological polar surface area (TPSA) is 82.1 Å². The van der Waals surface area contributed by atoms with E-state index < -0.39 is 5.97 Å². The van der Waals surface area contributed by atoms with Crippen LogP contribution in [0.3, 0.4) is 0 Å². The Morgan fingerprint density at radius 2 is 1.91 bits per heavy atom. The van der Waals surface area contributed by atoms with Crippen LogP contribution in [0, 0.1) is 3.57 Å². The van der Waals surface area contributed by atoms with E-state index in [0.29, 0.717) is 38.5 Å². The largest absolute Gasteiger partial charge is 0.493 e. The van der Waals surface area contributed by atoms with E-state index in [0.717, 1.165) is 18.2 Å². The molecule has 3 rings (SSSR count). The van der Waals surface area contributed by atoms with E-state index in [1.807, 2.05) is 30.3 Å². The Kier molecular flexibility index (Phi) is 8.57. The Morgan fingerprint density at radius 1 is 1.16 bits per heavy atom. The van der Waals surface area contributed by atoms with Gasteiger partial charge in [-0.2, -0.15) is 0 Å². The Hall–Kier alpha value is -2.53. The monoisotopic (exact) mass is 567 g/mol. The van der Waals surface area contributed by atoms with Crippen LogP contribution in [-0.2, 0) is 20.7 Å². The second-order valence-electron chi connectivity index (χ2n) is 6.82. The van der Waals surface area contributed by atoms with E-state index in [2.05, 4.69) is 27.3 Å². The molecule has 0 radical (unpaired) electrons. The van der Waals surface area contributed by atoms with Gasteiger partial charge in [-0.1, -0.05) is 30.3 Å². The predicted octanol–water partition coefficient (Wildman–Crippen LogP) is 4.52. The van der Waals surface area contributed by atoms with Crippen molar-refractivity contribution in [3.05, 3.63) is 62.1 Å². The first-order valence-electron chi connectivity index (χ1n) is 9.79. The molecule has 1 aliphatic rings. The first kappa shape index (κ1) is 24.1. The molecule has 9 heteroatoms. The minimum Gasteiger partial charge on any atom is -0.493 e. The van der Waals surface area contributed by atoms with Gasteiger partial charge in [0.15, 0.2) is 18.1 Å². The molecule has 7 nitrogen and oxygen atoms in total. The molecule has 2 aromatic carbocycles. The van der Waals surface area contributed by atoms with Gasteiger partial charge in [0, 0.05) is 6.54 Å². The van der Waals surface area contributed by atoms with Gasteiger partial charge in [-0.3, -0.25) is 14.5 Å². The molecule has 2 amide bonds. The number of carbonyl (C=O) groups excluding carboxylic acids is 3. The third-order valence-electron chi connectivity index (χ3n) is 4.68. The number of nitrogens with zero attached hydrogens (tertiary/aromatic N) is 1. The lowest BCUT2D eigenvalue weighted by molar-refractivity contribution is -0.143. The molecule has 1 saturated heterocycles. The van der Waals surface area contributed by atoms with Gasteiger partial charge in [-0.25, -0.2) is 4.79 Å². The molecule has 1 fully saturated rings. The average Bonchev–Trinajstić information content (AvgIpc) is 3.05.